The number of aryl methyl sites for hydroxylation is 1. The average Bonchev–Trinajstić information content (AvgIpc) is 3.34. The Bertz CT molecular complexity index is 1150. The van der Waals surface area contributed by atoms with Crippen LogP contribution in [0.5, 0.6) is 0 Å². The number of benzene rings is 2. The van der Waals surface area contributed by atoms with Gasteiger partial charge in [-0.05, 0) is 49.2 Å². The highest BCUT2D eigenvalue weighted by Crippen LogP contribution is 2.26. The molecule has 0 N–H and O–H groups in total. The van der Waals surface area contributed by atoms with Crippen molar-refractivity contribution in [2.45, 2.75) is 19.4 Å². The van der Waals surface area contributed by atoms with Crippen LogP contribution in [-0.2, 0) is 9.84 Å². The molecule has 0 spiro atoms. The van der Waals surface area contributed by atoms with Crippen molar-refractivity contribution in [3.05, 3.63) is 59.7 Å². The molecule has 0 radical (unpaired) electrons. The predicted octanol–water partition coefficient (Wildman–Crippen LogP) is 2.97. The van der Waals surface area contributed by atoms with E-state index in [-0.39, 0.29) is 23.5 Å². The molecule has 8 heteroatoms. The van der Waals surface area contributed by atoms with Crippen molar-refractivity contribution in [3.63, 3.8) is 0 Å². The maximum atomic E-state index is 12.7. The lowest BCUT2D eigenvalue weighted by atomic mass is 10.1. The van der Waals surface area contributed by atoms with E-state index in [1.807, 2.05) is 31.2 Å². The van der Waals surface area contributed by atoms with E-state index in [1.54, 1.807) is 31.3 Å². The minimum atomic E-state index is -3.04. The van der Waals surface area contributed by atoms with Crippen LogP contribution in [-0.4, -0.2) is 54.0 Å². The molecule has 29 heavy (non-hydrogen) atoms. The minimum Gasteiger partial charge on any atom is -0.416 e. The number of rotatable bonds is 4. The van der Waals surface area contributed by atoms with Crippen LogP contribution in [0.25, 0.3) is 22.9 Å². The number of carbonyl (C=O) groups excluding carboxylic acids is 1. The highest BCUT2D eigenvalue weighted by molar-refractivity contribution is 7.91. The fourth-order valence-corrected chi connectivity index (χ4v) is 5.24. The van der Waals surface area contributed by atoms with Crippen LogP contribution in [0, 0.1) is 6.92 Å². The summed E-state index contributed by atoms with van der Waals surface area (Å²) in [6.07, 6.45) is 0.478. The molecular formula is C21H21N3O4S. The van der Waals surface area contributed by atoms with Gasteiger partial charge in [0.25, 0.3) is 5.91 Å². The van der Waals surface area contributed by atoms with Gasteiger partial charge in [0.05, 0.1) is 11.5 Å². The van der Waals surface area contributed by atoms with Gasteiger partial charge >= 0.3 is 0 Å². The second-order valence-electron chi connectivity index (χ2n) is 7.28. The molecule has 1 amide bonds. The summed E-state index contributed by atoms with van der Waals surface area (Å²) < 4.78 is 29.1. The molecule has 150 valence electrons. The highest BCUT2D eigenvalue weighted by atomic mass is 32.2. The molecule has 0 bridgehead atoms. The van der Waals surface area contributed by atoms with Crippen molar-refractivity contribution < 1.29 is 17.6 Å². The fraction of sp³-hybridized carbons (Fsp3) is 0.286. The van der Waals surface area contributed by atoms with Gasteiger partial charge in [-0.3, -0.25) is 4.79 Å². The van der Waals surface area contributed by atoms with Gasteiger partial charge in [0.2, 0.25) is 11.8 Å². The van der Waals surface area contributed by atoms with Gasteiger partial charge in [-0.1, -0.05) is 18.2 Å². The average molecular weight is 411 g/mol. The van der Waals surface area contributed by atoms with Crippen molar-refractivity contribution >= 4 is 15.7 Å². The van der Waals surface area contributed by atoms with Crippen molar-refractivity contribution in [1.82, 2.24) is 15.1 Å². The maximum Gasteiger partial charge on any atom is 0.253 e. The molecule has 1 aromatic heterocycles. The van der Waals surface area contributed by atoms with E-state index in [9.17, 15) is 13.2 Å². The SMILES string of the molecule is Cc1ccccc1-c1nnc(-c2ccc(C(=O)N(C)[C@@H]3CCS(=O)(=O)C3)cc2)o1. The molecule has 1 aliphatic rings. The second kappa shape index (κ2) is 7.44. The Morgan fingerprint density at radius 2 is 1.76 bits per heavy atom. The molecule has 1 saturated heterocycles. The van der Waals surface area contributed by atoms with Gasteiger partial charge in [-0.15, -0.1) is 10.2 Å². The molecule has 0 saturated carbocycles. The van der Waals surface area contributed by atoms with Crippen molar-refractivity contribution in [1.29, 1.82) is 0 Å². The van der Waals surface area contributed by atoms with Crippen molar-refractivity contribution in [2.24, 2.45) is 0 Å². The number of nitrogens with zero attached hydrogens (tertiary/aromatic N) is 3. The molecule has 1 aliphatic heterocycles. The Morgan fingerprint density at radius 1 is 1.07 bits per heavy atom. The normalized spacial score (nSPS) is 17.9. The number of sulfone groups is 1. The molecule has 7 nitrogen and oxygen atoms in total. The first-order chi connectivity index (χ1) is 13.8. The Hall–Kier alpha value is -3.00. The zero-order valence-electron chi connectivity index (χ0n) is 16.2. The Kier molecular flexibility index (Phi) is 4.96. The summed E-state index contributed by atoms with van der Waals surface area (Å²) in [5, 5.41) is 8.24. The summed E-state index contributed by atoms with van der Waals surface area (Å²) in [6, 6.07) is 14.4. The summed E-state index contributed by atoms with van der Waals surface area (Å²) >= 11 is 0. The number of carbonyl (C=O) groups is 1. The Balaban J connectivity index is 1.51. The standard InChI is InChI=1S/C21H21N3O4S/c1-14-5-3-4-6-18(14)20-23-22-19(28-20)15-7-9-16(10-8-15)21(25)24(2)17-11-12-29(26,27)13-17/h3-10,17H,11-13H2,1-2H3/t17-/m1/s1. The second-order valence-corrected chi connectivity index (χ2v) is 9.51. The largest absolute Gasteiger partial charge is 0.416 e. The van der Waals surface area contributed by atoms with Crippen LogP contribution in [0.2, 0.25) is 0 Å². The summed E-state index contributed by atoms with van der Waals surface area (Å²) in [7, 11) is -1.40. The van der Waals surface area contributed by atoms with E-state index in [2.05, 4.69) is 10.2 Å². The third-order valence-electron chi connectivity index (χ3n) is 5.26. The quantitative estimate of drug-likeness (QED) is 0.655. The molecule has 3 aromatic rings. The van der Waals surface area contributed by atoms with Crippen LogP contribution in [0.1, 0.15) is 22.3 Å². The van der Waals surface area contributed by atoms with E-state index < -0.39 is 9.84 Å². The van der Waals surface area contributed by atoms with Gasteiger partial charge in [-0.2, -0.15) is 0 Å². The maximum absolute atomic E-state index is 12.7. The zero-order valence-corrected chi connectivity index (χ0v) is 17.0. The number of amides is 1. The molecule has 1 fully saturated rings. The van der Waals surface area contributed by atoms with Crippen LogP contribution in [0.3, 0.4) is 0 Å². The van der Waals surface area contributed by atoms with Crippen molar-refractivity contribution in [2.75, 3.05) is 18.6 Å². The van der Waals surface area contributed by atoms with E-state index in [0.29, 0.717) is 29.3 Å². The molecule has 1 atom stereocenters. The van der Waals surface area contributed by atoms with Crippen LogP contribution in [0.15, 0.2) is 52.9 Å². The summed E-state index contributed by atoms with van der Waals surface area (Å²) in [6.45, 7) is 1.98. The molecule has 0 unspecified atom stereocenters. The van der Waals surface area contributed by atoms with Gasteiger partial charge in [0.1, 0.15) is 0 Å². The monoisotopic (exact) mass is 411 g/mol. The summed E-state index contributed by atoms with van der Waals surface area (Å²) in [4.78, 5) is 14.2. The third-order valence-corrected chi connectivity index (χ3v) is 7.01. The van der Waals surface area contributed by atoms with Gasteiger partial charge in [0, 0.05) is 29.8 Å². The van der Waals surface area contributed by atoms with Crippen LogP contribution in [0.4, 0.5) is 0 Å². The highest BCUT2D eigenvalue weighted by Gasteiger charge is 2.33. The van der Waals surface area contributed by atoms with E-state index >= 15 is 0 Å². The topological polar surface area (TPSA) is 93.4 Å². The smallest absolute Gasteiger partial charge is 0.253 e. The molecular weight excluding hydrogens is 390 g/mol. The minimum absolute atomic E-state index is 0.0248. The van der Waals surface area contributed by atoms with Crippen LogP contribution < -0.4 is 0 Å². The predicted molar refractivity (Wildman–Crippen MR) is 109 cm³/mol. The van der Waals surface area contributed by atoms with Crippen LogP contribution >= 0.6 is 0 Å². The molecule has 2 heterocycles. The Labute approximate surface area is 169 Å². The van der Waals surface area contributed by atoms with E-state index in [1.165, 1.54) is 4.90 Å². The fourth-order valence-electron chi connectivity index (χ4n) is 3.47. The molecule has 2 aromatic carbocycles. The van der Waals surface area contributed by atoms with Gasteiger partial charge < -0.3 is 9.32 Å². The Morgan fingerprint density at radius 3 is 2.41 bits per heavy atom. The summed E-state index contributed by atoms with van der Waals surface area (Å²) in [5.74, 6) is 0.772. The van der Waals surface area contributed by atoms with E-state index in [4.69, 9.17) is 4.42 Å². The number of hydrogen-bond donors (Lipinski definition) is 0. The zero-order chi connectivity index (χ0) is 20.6. The first-order valence-corrected chi connectivity index (χ1v) is 11.1. The summed E-state index contributed by atoms with van der Waals surface area (Å²) in [5.41, 5.74) is 3.12. The van der Waals surface area contributed by atoms with Crippen molar-refractivity contribution in [3.8, 4) is 22.9 Å². The first kappa shape index (κ1) is 19.3. The van der Waals surface area contributed by atoms with Gasteiger partial charge in [-0.25, -0.2) is 8.42 Å². The number of hydrogen-bond acceptors (Lipinski definition) is 6. The number of aromatic nitrogens is 2. The molecule has 4 rings (SSSR count). The van der Waals surface area contributed by atoms with Gasteiger partial charge in [0.15, 0.2) is 9.84 Å². The van der Waals surface area contributed by atoms with E-state index in [0.717, 1.165) is 11.1 Å². The lowest BCUT2D eigenvalue weighted by molar-refractivity contribution is 0.0747. The third kappa shape index (κ3) is 3.93. The molecule has 0 aliphatic carbocycles. The first-order valence-electron chi connectivity index (χ1n) is 9.31. The lowest BCUT2D eigenvalue weighted by Gasteiger charge is -2.23. The lowest BCUT2D eigenvalue weighted by Crippen LogP contribution is -2.37.